The van der Waals surface area contributed by atoms with Gasteiger partial charge in [0.2, 0.25) is 0 Å². The Bertz CT molecular complexity index is 719. The molecule has 0 bridgehead atoms. The molecule has 0 spiro atoms. The second-order valence-electron chi connectivity index (χ2n) is 4.87. The number of aromatic nitrogens is 1. The maximum Gasteiger partial charge on any atom is 0.144 e. The van der Waals surface area contributed by atoms with Gasteiger partial charge in [0, 0.05) is 17.4 Å². The van der Waals surface area contributed by atoms with E-state index in [4.69, 9.17) is 0 Å². The Labute approximate surface area is 128 Å². The van der Waals surface area contributed by atoms with Crippen LogP contribution in [0.4, 0.5) is 0 Å². The summed E-state index contributed by atoms with van der Waals surface area (Å²) < 4.78 is 0. The Balaban J connectivity index is 1.66. The van der Waals surface area contributed by atoms with Crippen LogP contribution in [0.2, 0.25) is 0 Å². The number of rotatable bonds is 5. The van der Waals surface area contributed by atoms with Crippen molar-refractivity contribution in [3.63, 3.8) is 0 Å². The average Bonchev–Trinajstić information content (AvgIpc) is 2.97. The molecule has 0 aliphatic rings. The molecule has 0 aliphatic heterocycles. The summed E-state index contributed by atoms with van der Waals surface area (Å²) in [6.45, 7) is 0. The van der Waals surface area contributed by atoms with Crippen molar-refractivity contribution in [1.29, 1.82) is 0 Å². The van der Waals surface area contributed by atoms with Crippen LogP contribution in [-0.2, 0) is 17.6 Å². The van der Waals surface area contributed by atoms with Gasteiger partial charge in [-0.05, 0) is 5.56 Å². The largest absolute Gasteiger partial charge is 0.299 e. The van der Waals surface area contributed by atoms with Gasteiger partial charge in [0.05, 0.1) is 12.1 Å². The number of ketones is 1. The molecule has 0 radical (unpaired) electrons. The second kappa shape index (κ2) is 6.46. The van der Waals surface area contributed by atoms with E-state index in [0.717, 1.165) is 21.8 Å². The van der Waals surface area contributed by atoms with E-state index in [1.807, 2.05) is 66.0 Å². The molecule has 3 rings (SSSR count). The van der Waals surface area contributed by atoms with Crippen LogP contribution < -0.4 is 0 Å². The first-order chi connectivity index (χ1) is 10.3. The molecule has 0 saturated carbocycles. The normalized spacial score (nSPS) is 10.5. The van der Waals surface area contributed by atoms with Crippen LogP contribution >= 0.6 is 11.3 Å². The molecule has 0 saturated heterocycles. The van der Waals surface area contributed by atoms with Gasteiger partial charge < -0.3 is 0 Å². The number of thiazole rings is 1. The van der Waals surface area contributed by atoms with E-state index in [-0.39, 0.29) is 5.78 Å². The molecule has 0 atom stereocenters. The summed E-state index contributed by atoms with van der Waals surface area (Å²) in [5, 5.41) is 2.90. The zero-order valence-electron chi connectivity index (χ0n) is 11.5. The predicted octanol–water partition coefficient (Wildman–Crippen LogP) is 4.16. The first-order valence-corrected chi connectivity index (χ1v) is 7.75. The maximum atomic E-state index is 12.1. The lowest BCUT2D eigenvalue weighted by Gasteiger charge is -1.99. The summed E-state index contributed by atoms with van der Waals surface area (Å²) in [6.07, 6.45) is 0.882. The first-order valence-electron chi connectivity index (χ1n) is 6.87. The highest BCUT2D eigenvalue weighted by molar-refractivity contribution is 7.10. The van der Waals surface area contributed by atoms with E-state index < -0.39 is 0 Å². The highest BCUT2D eigenvalue weighted by Crippen LogP contribution is 2.22. The van der Waals surface area contributed by atoms with Crippen LogP contribution in [0.5, 0.6) is 0 Å². The topological polar surface area (TPSA) is 30.0 Å². The number of benzene rings is 2. The number of hydrogen-bond acceptors (Lipinski definition) is 3. The first kappa shape index (κ1) is 13.7. The number of hydrogen-bond donors (Lipinski definition) is 0. The summed E-state index contributed by atoms with van der Waals surface area (Å²) in [7, 11) is 0. The molecular formula is C18H15NOS. The quantitative estimate of drug-likeness (QED) is 0.707. The molecule has 0 aliphatic carbocycles. The molecule has 0 N–H and O–H groups in total. The average molecular weight is 293 g/mol. The Morgan fingerprint density at radius 2 is 1.57 bits per heavy atom. The summed E-state index contributed by atoms with van der Waals surface area (Å²) in [5.41, 5.74) is 3.10. The zero-order chi connectivity index (χ0) is 14.5. The molecule has 2 aromatic carbocycles. The highest BCUT2D eigenvalue weighted by Gasteiger charge is 2.09. The Hall–Kier alpha value is -2.26. The third-order valence-electron chi connectivity index (χ3n) is 3.21. The summed E-state index contributed by atoms with van der Waals surface area (Å²) in [6, 6.07) is 19.9. The van der Waals surface area contributed by atoms with E-state index in [9.17, 15) is 4.79 Å². The van der Waals surface area contributed by atoms with Crippen LogP contribution in [0.25, 0.3) is 11.3 Å². The fourth-order valence-electron chi connectivity index (χ4n) is 2.19. The highest BCUT2D eigenvalue weighted by atomic mass is 32.1. The molecule has 104 valence electrons. The van der Waals surface area contributed by atoms with Crippen molar-refractivity contribution in [2.24, 2.45) is 0 Å². The van der Waals surface area contributed by atoms with Crippen molar-refractivity contribution >= 4 is 17.1 Å². The fourth-order valence-corrected chi connectivity index (χ4v) is 3.02. The number of carbonyl (C=O) groups is 1. The summed E-state index contributed by atoms with van der Waals surface area (Å²) >= 11 is 1.55. The third-order valence-corrected chi connectivity index (χ3v) is 4.06. The predicted molar refractivity (Wildman–Crippen MR) is 86.4 cm³/mol. The van der Waals surface area contributed by atoms with E-state index in [1.165, 1.54) is 0 Å². The molecule has 0 fully saturated rings. The number of Topliss-reactive ketones (excluding diaryl/α,β-unsaturated/α-hetero) is 1. The van der Waals surface area contributed by atoms with Gasteiger partial charge in [-0.2, -0.15) is 0 Å². The lowest BCUT2D eigenvalue weighted by Crippen LogP contribution is -2.06. The van der Waals surface area contributed by atoms with E-state index in [2.05, 4.69) is 4.98 Å². The van der Waals surface area contributed by atoms with Crippen molar-refractivity contribution in [1.82, 2.24) is 4.98 Å². The fraction of sp³-hybridized carbons (Fsp3) is 0.111. The van der Waals surface area contributed by atoms with Crippen molar-refractivity contribution < 1.29 is 4.79 Å². The molecule has 21 heavy (non-hydrogen) atoms. The molecule has 2 nitrogen and oxygen atoms in total. The second-order valence-corrected chi connectivity index (χ2v) is 5.81. The molecule has 3 heteroatoms. The Morgan fingerprint density at radius 1 is 0.905 bits per heavy atom. The minimum atomic E-state index is 0.204. The van der Waals surface area contributed by atoms with Gasteiger partial charge in [0.15, 0.2) is 0 Å². The van der Waals surface area contributed by atoms with Gasteiger partial charge in [0.25, 0.3) is 0 Å². The van der Waals surface area contributed by atoms with Gasteiger partial charge in [-0.3, -0.25) is 4.79 Å². The van der Waals surface area contributed by atoms with Gasteiger partial charge in [0.1, 0.15) is 10.8 Å². The van der Waals surface area contributed by atoms with Crippen molar-refractivity contribution in [3.05, 3.63) is 76.6 Å². The van der Waals surface area contributed by atoms with E-state index >= 15 is 0 Å². The minimum absolute atomic E-state index is 0.204. The van der Waals surface area contributed by atoms with Gasteiger partial charge in [-0.15, -0.1) is 11.3 Å². The van der Waals surface area contributed by atoms with Gasteiger partial charge in [-0.25, -0.2) is 4.98 Å². The smallest absolute Gasteiger partial charge is 0.144 e. The van der Waals surface area contributed by atoms with Crippen molar-refractivity contribution in [2.45, 2.75) is 12.8 Å². The molecule has 3 aromatic rings. The minimum Gasteiger partial charge on any atom is -0.299 e. The summed E-state index contributed by atoms with van der Waals surface area (Å²) in [5.74, 6) is 0.204. The molecule has 1 aromatic heterocycles. The Morgan fingerprint density at radius 3 is 2.29 bits per heavy atom. The van der Waals surface area contributed by atoms with Gasteiger partial charge >= 0.3 is 0 Å². The zero-order valence-corrected chi connectivity index (χ0v) is 12.3. The van der Waals surface area contributed by atoms with Crippen molar-refractivity contribution in [3.8, 4) is 11.3 Å². The maximum absolute atomic E-state index is 12.1. The Kier molecular flexibility index (Phi) is 4.22. The molecular weight excluding hydrogens is 278 g/mol. The lowest BCUT2D eigenvalue weighted by molar-refractivity contribution is -0.117. The summed E-state index contributed by atoms with van der Waals surface area (Å²) in [4.78, 5) is 16.7. The van der Waals surface area contributed by atoms with Crippen LogP contribution in [-0.4, -0.2) is 10.8 Å². The van der Waals surface area contributed by atoms with Crippen molar-refractivity contribution in [2.75, 3.05) is 0 Å². The molecule has 0 amide bonds. The lowest BCUT2D eigenvalue weighted by atomic mass is 10.1. The SMILES string of the molecule is O=C(Cc1ccccc1)Cc1nc(-c2ccccc2)cs1. The molecule has 0 unspecified atom stereocenters. The number of nitrogens with zero attached hydrogens (tertiary/aromatic N) is 1. The van der Waals surface area contributed by atoms with Crippen LogP contribution in [0.1, 0.15) is 10.6 Å². The number of carbonyl (C=O) groups excluding carboxylic acids is 1. The van der Waals surface area contributed by atoms with Gasteiger partial charge in [-0.1, -0.05) is 60.7 Å². The standard InChI is InChI=1S/C18H15NOS/c20-16(11-14-7-3-1-4-8-14)12-18-19-17(13-21-18)15-9-5-2-6-10-15/h1-10,13H,11-12H2. The molecule has 1 heterocycles. The van der Waals surface area contributed by atoms with Crippen LogP contribution in [0.3, 0.4) is 0 Å². The van der Waals surface area contributed by atoms with E-state index in [1.54, 1.807) is 11.3 Å². The van der Waals surface area contributed by atoms with E-state index in [0.29, 0.717) is 12.8 Å². The van der Waals surface area contributed by atoms with Crippen LogP contribution in [0.15, 0.2) is 66.0 Å². The van der Waals surface area contributed by atoms with Crippen LogP contribution in [0, 0.1) is 0 Å². The third kappa shape index (κ3) is 3.64. The monoisotopic (exact) mass is 293 g/mol.